The third-order valence-electron chi connectivity index (χ3n) is 0.857. The van der Waals surface area contributed by atoms with Gasteiger partial charge in [0.05, 0.1) is 0 Å². The van der Waals surface area contributed by atoms with Gasteiger partial charge in [-0.05, 0) is 0 Å². The lowest BCUT2D eigenvalue weighted by Crippen LogP contribution is -2.36. The van der Waals surface area contributed by atoms with Gasteiger partial charge in [-0.25, -0.2) is 0 Å². The van der Waals surface area contributed by atoms with Gasteiger partial charge < -0.3 is 17.4 Å². The molecule has 0 rings (SSSR count). The van der Waals surface area contributed by atoms with Crippen LogP contribution >= 0.6 is 0 Å². The zero-order valence-electron chi connectivity index (χ0n) is 6.41. The summed E-state index contributed by atoms with van der Waals surface area (Å²) in [7, 11) is -9.67. The van der Waals surface area contributed by atoms with Gasteiger partial charge in [0.15, 0.2) is 0 Å². The molecule has 0 aliphatic rings. The number of hydrogen-bond donors (Lipinski definition) is 4. The highest BCUT2D eigenvalue weighted by Crippen LogP contribution is 2.03. The first kappa shape index (κ1) is 18.5. The molecule has 0 fully saturated rings. The lowest BCUT2D eigenvalue weighted by Gasteiger charge is -2.05. The summed E-state index contributed by atoms with van der Waals surface area (Å²) >= 11 is 0. The molecule has 0 saturated heterocycles. The summed E-state index contributed by atoms with van der Waals surface area (Å²) in [5.74, 6) is 0. The van der Waals surface area contributed by atoms with E-state index in [1.54, 1.807) is 0 Å². The van der Waals surface area contributed by atoms with E-state index in [2.05, 4.69) is 5.73 Å². The van der Waals surface area contributed by atoms with E-state index < -0.39 is 31.4 Å². The molecule has 13 heavy (non-hydrogen) atoms. The third-order valence-corrected chi connectivity index (χ3v) is 4.03. The molecule has 0 spiro atoms. The molecular formula is C2H12N2O7S2. The maximum absolute atomic E-state index is 10.1. The molecule has 0 aromatic rings. The predicted molar refractivity (Wildman–Crippen MR) is 44.6 cm³/mol. The standard InChI is InChI=1S/C2H7NO6S2.H3N.H2O/c3-1-2(10(4,5)6)11(7,8)9;;/h2H,1,3H2,(H,4,5,6)(H,7,8,9);1H3;1H2. The largest absolute Gasteiger partial charge is 0.412 e. The van der Waals surface area contributed by atoms with Crippen molar-refractivity contribution in [3.63, 3.8) is 0 Å². The van der Waals surface area contributed by atoms with Gasteiger partial charge >= 0.3 is 0 Å². The van der Waals surface area contributed by atoms with E-state index in [4.69, 9.17) is 9.11 Å². The van der Waals surface area contributed by atoms with Crippen LogP contribution in [0.15, 0.2) is 0 Å². The quantitative estimate of drug-likeness (QED) is 0.383. The van der Waals surface area contributed by atoms with Crippen LogP contribution in [0.3, 0.4) is 0 Å². The summed E-state index contributed by atoms with van der Waals surface area (Å²) < 4.78 is 54.6. The molecule has 0 aliphatic heterocycles. The molecule has 0 atom stereocenters. The molecule has 0 aromatic carbocycles. The summed E-state index contributed by atoms with van der Waals surface area (Å²) in [4.78, 5) is 0. The Hall–Kier alpha value is -0.300. The van der Waals surface area contributed by atoms with Crippen LogP contribution in [-0.2, 0) is 20.2 Å². The minimum Gasteiger partial charge on any atom is -0.412 e. The fourth-order valence-electron chi connectivity index (χ4n) is 0.397. The average Bonchev–Trinajstić information content (AvgIpc) is 1.56. The topological polar surface area (TPSA) is 201 Å². The fourth-order valence-corrected chi connectivity index (χ4v) is 2.11. The van der Waals surface area contributed by atoms with Crippen molar-refractivity contribution >= 4 is 20.2 Å². The van der Waals surface area contributed by atoms with Gasteiger partial charge in [0.25, 0.3) is 20.2 Å². The molecule has 0 saturated carbocycles. The molecule has 0 aromatic heterocycles. The van der Waals surface area contributed by atoms with Crippen LogP contribution in [0.5, 0.6) is 0 Å². The van der Waals surface area contributed by atoms with Gasteiger partial charge in [-0.1, -0.05) is 0 Å². The van der Waals surface area contributed by atoms with E-state index in [0.29, 0.717) is 0 Å². The smallest absolute Gasteiger partial charge is 0.286 e. The SMILES string of the molecule is N.NCC(S(=O)(=O)O)S(=O)(=O)O.O. The van der Waals surface area contributed by atoms with Crippen molar-refractivity contribution in [3.8, 4) is 0 Å². The van der Waals surface area contributed by atoms with E-state index in [0.717, 1.165) is 0 Å². The molecule has 9 nitrogen and oxygen atoms in total. The molecule has 9 N–H and O–H groups in total. The first-order valence-electron chi connectivity index (χ1n) is 2.32. The highest BCUT2D eigenvalue weighted by molar-refractivity contribution is 8.04. The highest BCUT2D eigenvalue weighted by atomic mass is 32.3. The van der Waals surface area contributed by atoms with Crippen LogP contribution < -0.4 is 11.9 Å². The first-order valence-corrected chi connectivity index (χ1v) is 5.33. The number of nitrogens with two attached hydrogens (primary N) is 1. The van der Waals surface area contributed by atoms with E-state index in [9.17, 15) is 16.8 Å². The van der Waals surface area contributed by atoms with Crippen LogP contribution in [0, 0.1) is 0 Å². The van der Waals surface area contributed by atoms with Crippen molar-refractivity contribution in [1.82, 2.24) is 6.15 Å². The van der Waals surface area contributed by atoms with Crippen LogP contribution in [-0.4, -0.2) is 42.5 Å². The lowest BCUT2D eigenvalue weighted by atomic mass is 10.8. The fraction of sp³-hybridized carbons (Fsp3) is 1.00. The number of hydrogen-bond acceptors (Lipinski definition) is 6. The molecule has 0 bridgehead atoms. The molecule has 0 radical (unpaired) electrons. The second-order valence-corrected chi connectivity index (χ2v) is 5.19. The summed E-state index contributed by atoms with van der Waals surface area (Å²) in [6, 6.07) is 0. The molecular weight excluding hydrogens is 228 g/mol. The van der Waals surface area contributed by atoms with Gasteiger partial charge in [0.1, 0.15) is 0 Å². The van der Waals surface area contributed by atoms with Crippen molar-refractivity contribution in [2.24, 2.45) is 5.73 Å². The molecule has 84 valence electrons. The third kappa shape index (κ3) is 5.87. The number of rotatable bonds is 3. The maximum atomic E-state index is 10.1. The van der Waals surface area contributed by atoms with Crippen molar-refractivity contribution < 1.29 is 31.4 Å². The van der Waals surface area contributed by atoms with E-state index in [1.165, 1.54) is 0 Å². The zero-order chi connectivity index (χ0) is 9.28. The van der Waals surface area contributed by atoms with Crippen molar-refractivity contribution in [2.75, 3.05) is 6.54 Å². The Morgan fingerprint density at radius 2 is 1.31 bits per heavy atom. The van der Waals surface area contributed by atoms with Crippen LogP contribution in [0.4, 0.5) is 0 Å². The molecule has 0 amide bonds. The predicted octanol–water partition coefficient (Wildman–Crippen LogP) is -2.62. The Bertz CT molecular complexity index is 284. The van der Waals surface area contributed by atoms with Gasteiger partial charge in [-0.2, -0.15) is 16.8 Å². The second-order valence-electron chi connectivity index (χ2n) is 1.70. The van der Waals surface area contributed by atoms with E-state index >= 15 is 0 Å². The van der Waals surface area contributed by atoms with Crippen LogP contribution in [0.1, 0.15) is 0 Å². The molecule has 11 heteroatoms. The van der Waals surface area contributed by atoms with Gasteiger partial charge in [0.2, 0.25) is 4.58 Å². The molecule has 0 heterocycles. The summed E-state index contributed by atoms with van der Waals surface area (Å²) in [6.07, 6.45) is 0. The van der Waals surface area contributed by atoms with Gasteiger partial charge in [-0.15, -0.1) is 0 Å². The monoisotopic (exact) mass is 240 g/mol. The van der Waals surface area contributed by atoms with Crippen molar-refractivity contribution in [2.45, 2.75) is 4.58 Å². The lowest BCUT2D eigenvalue weighted by molar-refractivity contribution is 0.455. The van der Waals surface area contributed by atoms with Crippen LogP contribution in [0.2, 0.25) is 0 Å². The summed E-state index contributed by atoms with van der Waals surface area (Å²) in [6.45, 7) is -0.891. The Morgan fingerprint density at radius 1 is 1.08 bits per heavy atom. The van der Waals surface area contributed by atoms with Gasteiger partial charge in [-0.3, -0.25) is 9.11 Å². The van der Waals surface area contributed by atoms with Crippen molar-refractivity contribution in [3.05, 3.63) is 0 Å². The van der Waals surface area contributed by atoms with Gasteiger partial charge in [0, 0.05) is 6.54 Å². The second kappa shape index (κ2) is 5.43. The zero-order valence-corrected chi connectivity index (χ0v) is 8.05. The Kier molecular flexibility index (Phi) is 7.72. The minimum atomic E-state index is -4.84. The first-order chi connectivity index (χ1) is 4.69. The maximum Gasteiger partial charge on any atom is 0.286 e. The average molecular weight is 240 g/mol. The van der Waals surface area contributed by atoms with Crippen LogP contribution in [0.25, 0.3) is 0 Å². The van der Waals surface area contributed by atoms with Crippen molar-refractivity contribution in [1.29, 1.82) is 0 Å². The van der Waals surface area contributed by atoms with E-state index in [-0.39, 0.29) is 11.6 Å². The Morgan fingerprint density at radius 3 is 1.31 bits per heavy atom. The summed E-state index contributed by atoms with van der Waals surface area (Å²) in [5.41, 5.74) is 4.67. The molecule has 0 aliphatic carbocycles. The Balaban J connectivity index is -0.000000500. The Labute approximate surface area is 75.3 Å². The molecule has 0 unspecified atom stereocenters. The van der Waals surface area contributed by atoms with E-state index in [1.807, 2.05) is 0 Å². The summed E-state index contributed by atoms with van der Waals surface area (Å²) in [5, 5.41) is 0. The minimum absolute atomic E-state index is 0. The normalized spacial score (nSPS) is 11.7. The highest BCUT2D eigenvalue weighted by Gasteiger charge is 2.33.